The summed E-state index contributed by atoms with van der Waals surface area (Å²) < 4.78 is 7.01. The van der Waals surface area contributed by atoms with Crippen LogP contribution in [0.3, 0.4) is 0 Å². The quantitative estimate of drug-likeness (QED) is 0.184. The minimum atomic E-state index is -0.140. The topological polar surface area (TPSA) is 16.4 Å². The summed E-state index contributed by atoms with van der Waals surface area (Å²) in [7, 11) is 0. The highest BCUT2D eigenvalue weighted by Gasteiger charge is 2.36. The van der Waals surface area contributed by atoms with Crippen molar-refractivity contribution in [2.45, 2.75) is 19.3 Å². The van der Waals surface area contributed by atoms with Gasteiger partial charge in [-0.05, 0) is 92.2 Å². The van der Waals surface area contributed by atoms with Crippen LogP contribution in [0.15, 0.2) is 180 Å². The molecule has 10 rings (SSSR count). The van der Waals surface area contributed by atoms with Gasteiger partial charge in [0.25, 0.3) is 0 Å². The molecule has 0 saturated carbocycles. The number of nitrogens with zero attached hydrogens (tertiary/aromatic N) is 1. The van der Waals surface area contributed by atoms with E-state index in [1.807, 2.05) is 0 Å². The first-order valence-electron chi connectivity index (χ1n) is 17.7. The molecule has 1 aliphatic carbocycles. The number of rotatable bonds is 5. The van der Waals surface area contributed by atoms with Crippen LogP contribution in [-0.2, 0) is 5.41 Å². The van der Waals surface area contributed by atoms with Crippen molar-refractivity contribution in [1.29, 1.82) is 0 Å². The smallest absolute Gasteiger partial charge is 0.160 e. The second-order valence-corrected chi connectivity index (χ2v) is 14.2. The molecule has 0 N–H and O–H groups in total. The van der Waals surface area contributed by atoms with Crippen molar-refractivity contribution in [3.05, 3.63) is 187 Å². The normalized spacial score (nSPS) is 13.1. The summed E-state index contributed by atoms with van der Waals surface area (Å²) in [5.41, 5.74) is 14.8. The van der Waals surface area contributed by atoms with Crippen LogP contribution in [-0.4, -0.2) is 0 Å². The standard InChI is InChI=1S/C49H35NO/c1-49(2)44-20-12-11-19-40(44)41-26-25-38(31-45(41)49)50(37-23-21-33(22-24-37)32-13-5-3-6-14-32)47-39(34-15-7-4-8-16-34)27-28-42-43-29-35-17-9-10-18-36(35)30-46(43)51-48(42)47/h3-31H,1-2H3. The predicted octanol–water partition coefficient (Wildman–Crippen LogP) is 13.8. The van der Waals surface area contributed by atoms with Crippen LogP contribution in [0.1, 0.15) is 25.0 Å². The lowest BCUT2D eigenvalue weighted by Crippen LogP contribution is -2.17. The van der Waals surface area contributed by atoms with Gasteiger partial charge in [0.2, 0.25) is 0 Å². The van der Waals surface area contributed by atoms with Crippen LogP contribution in [0, 0.1) is 0 Å². The highest BCUT2D eigenvalue weighted by atomic mass is 16.3. The zero-order chi connectivity index (χ0) is 34.1. The molecule has 51 heavy (non-hydrogen) atoms. The number of anilines is 3. The van der Waals surface area contributed by atoms with Crippen LogP contribution in [0.4, 0.5) is 17.1 Å². The predicted molar refractivity (Wildman–Crippen MR) is 214 cm³/mol. The van der Waals surface area contributed by atoms with Crippen LogP contribution >= 0.6 is 0 Å². The average Bonchev–Trinajstić information content (AvgIpc) is 3.66. The molecule has 1 heterocycles. The Morgan fingerprint density at radius 2 is 1.02 bits per heavy atom. The fourth-order valence-electron chi connectivity index (χ4n) is 8.26. The summed E-state index contributed by atoms with van der Waals surface area (Å²) in [4.78, 5) is 2.42. The lowest BCUT2D eigenvalue weighted by atomic mass is 9.82. The highest BCUT2D eigenvalue weighted by Crippen LogP contribution is 2.53. The molecule has 0 spiro atoms. The number of fused-ring (bicyclic) bond motifs is 7. The van der Waals surface area contributed by atoms with E-state index in [0.29, 0.717) is 0 Å². The fraction of sp³-hybridized carbons (Fsp3) is 0.0612. The van der Waals surface area contributed by atoms with Gasteiger partial charge in [0.15, 0.2) is 5.58 Å². The molecule has 0 aliphatic heterocycles. The van der Waals surface area contributed by atoms with Crippen molar-refractivity contribution in [2.24, 2.45) is 0 Å². The Bertz CT molecular complexity index is 2760. The van der Waals surface area contributed by atoms with E-state index < -0.39 is 0 Å². The van der Waals surface area contributed by atoms with Crippen LogP contribution < -0.4 is 4.90 Å². The molecule has 0 amide bonds. The van der Waals surface area contributed by atoms with Gasteiger partial charge in [0.1, 0.15) is 5.58 Å². The van der Waals surface area contributed by atoms with Gasteiger partial charge < -0.3 is 9.32 Å². The van der Waals surface area contributed by atoms with E-state index in [4.69, 9.17) is 4.42 Å². The second-order valence-electron chi connectivity index (χ2n) is 14.2. The average molecular weight is 654 g/mol. The van der Waals surface area contributed by atoms with E-state index in [9.17, 15) is 0 Å². The van der Waals surface area contributed by atoms with Crippen molar-refractivity contribution in [1.82, 2.24) is 0 Å². The molecule has 242 valence electrons. The monoisotopic (exact) mass is 653 g/mol. The van der Waals surface area contributed by atoms with Crippen LogP contribution in [0.25, 0.3) is 66.1 Å². The molecule has 0 unspecified atom stereocenters. The van der Waals surface area contributed by atoms with Gasteiger partial charge in [-0.2, -0.15) is 0 Å². The van der Waals surface area contributed by atoms with Gasteiger partial charge in [-0.1, -0.05) is 147 Å². The summed E-state index contributed by atoms with van der Waals surface area (Å²) >= 11 is 0. The van der Waals surface area contributed by atoms with Gasteiger partial charge in [-0.15, -0.1) is 0 Å². The Hall–Kier alpha value is -6.38. The zero-order valence-electron chi connectivity index (χ0n) is 28.6. The van der Waals surface area contributed by atoms with Crippen molar-refractivity contribution < 1.29 is 4.42 Å². The first kappa shape index (κ1) is 29.5. The van der Waals surface area contributed by atoms with Crippen LogP contribution in [0.5, 0.6) is 0 Å². The number of benzene rings is 8. The molecule has 2 nitrogen and oxygen atoms in total. The summed E-state index contributed by atoms with van der Waals surface area (Å²) in [6.45, 7) is 4.70. The second kappa shape index (κ2) is 11.3. The zero-order valence-corrected chi connectivity index (χ0v) is 28.6. The van der Waals surface area contributed by atoms with E-state index in [0.717, 1.165) is 50.1 Å². The molecule has 9 aromatic rings. The molecule has 0 saturated heterocycles. The van der Waals surface area contributed by atoms with E-state index in [-0.39, 0.29) is 5.41 Å². The Kier molecular flexibility index (Phi) is 6.56. The Labute approximate surface area is 297 Å². The minimum Gasteiger partial charge on any atom is -0.454 e. The number of hydrogen-bond acceptors (Lipinski definition) is 2. The van der Waals surface area contributed by atoms with Gasteiger partial charge in [0, 0.05) is 33.1 Å². The van der Waals surface area contributed by atoms with E-state index in [2.05, 4.69) is 195 Å². The van der Waals surface area contributed by atoms with Crippen molar-refractivity contribution in [3.8, 4) is 33.4 Å². The van der Waals surface area contributed by atoms with E-state index in [1.165, 1.54) is 44.2 Å². The van der Waals surface area contributed by atoms with Gasteiger partial charge >= 0.3 is 0 Å². The molecule has 8 aromatic carbocycles. The molecule has 1 aliphatic rings. The molecule has 0 bridgehead atoms. The highest BCUT2D eigenvalue weighted by molar-refractivity contribution is 6.16. The Morgan fingerprint density at radius 1 is 0.431 bits per heavy atom. The van der Waals surface area contributed by atoms with Crippen molar-refractivity contribution in [3.63, 3.8) is 0 Å². The number of hydrogen-bond donors (Lipinski definition) is 0. The fourth-order valence-corrected chi connectivity index (χ4v) is 8.26. The lowest BCUT2D eigenvalue weighted by Gasteiger charge is -2.30. The molecular weight excluding hydrogens is 619 g/mol. The minimum absolute atomic E-state index is 0.140. The van der Waals surface area contributed by atoms with Gasteiger partial charge in [-0.25, -0.2) is 0 Å². The molecule has 1 aromatic heterocycles. The first-order valence-corrected chi connectivity index (χ1v) is 17.7. The van der Waals surface area contributed by atoms with Gasteiger partial charge in [0.05, 0.1) is 5.69 Å². The maximum Gasteiger partial charge on any atom is 0.160 e. The third-order valence-corrected chi connectivity index (χ3v) is 10.8. The Balaban J connectivity index is 1.27. The van der Waals surface area contributed by atoms with E-state index in [1.54, 1.807) is 0 Å². The van der Waals surface area contributed by atoms with Gasteiger partial charge in [-0.3, -0.25) is 0 Å². The van der Waals surface area contributed by atoms with Crippen molar-refractivity contribution in [2.75, 3.05) is 4.90 Å². The SMILES string of the molecule is CC1(C)c2ccccc2-c2ccc(N(c3ccc(-c4ccccc4)cc3)c3c(-c4ccccc4)ccc4c3oc3cc5ccccc5cc34)cc21. The molecule has 0 fully saturated rings. The molecule has 2 heteroatoms. The number of furan rings is 1. The van der Waals surface area contributed by atoms with E-state index >= 15 is 0 Å². The lowest BCUT2D eigenvalue weighted by molar-refractivity contribution is 0.660. The Morgan fingerprint density at radius 3 is 1.78 bits per heavy atom. The third kappa shape index (κ3) is 4.64. The largest absolute Gasteiger partial charge is 0.454 e. The first-order chi connectivity index (χ1) is 25.0. The summed E-state index contributed by atoms with van der Waals surface area (Å²) in [5, 5.41) is 4.59. The molecule has 0 radical (unpaired) electrons. The summed E-state index contributed by atoms with van der Waals surface area (Å²) in [6, 6.07) is 63.6. The molecular formula is C49H35NO. The summed E-state index contributed by atoms with van der Waals surface area (Å²) in [5.74, 6) is 0. The van der Waals surface area contributed by atoms with Crippen LogP contribution in [0.2, 0.25) is 0 Å². The maximum absolute atomic E-state index is 7.01. The summed E-state index contributed by atoms with van der Waals surface area (Å²) in [6.07, 6.45) is 0. The third-order valence-electron chi connectivity index (χ3n) is 10.8. The van der Waals surface area contributed by atoms with Crippen molar-refractivity contribution >= 4 is 49.8 Å². The maximum atomic E-state index is 7.01. The molecule has 0 atom stereocenters.